The van der Waals surface area contributed by atoms with Crippen molar-refractivity contribution in [3.63, 3.8) is 0 Å². The van der Waals surface area contributed by atoms with Crippen molar-refractivity contribution < 1.29 is 4.79 Å². The molecule has 1 amide bonds. The molecule has 1 fully saturated rings. The van der Waals surface area contributed by atoms with Crippen LogP contribution in [0.3, 0.4) is 0 Å². The molecule has 98 valence electrons. The van der Waals surface area contributed by atoms with E-state index in [1.54, 1.807) is 0 Å². The highest BCUT2D eigenvalue weighted by atomic mass is 16.2. The van der Waals surface area contributed by atoms with Crippen LogP contribution in [0.1, 0.15) is 17.5 Å². The molecule has 2 rings (SSSR count). The summed E-state index contributed by atoms with van der Waals surface area (Å²) in [6.45, 7) is 6.27. The highest BCUT2D eigenvalue weighted by molar-refractivity contribution is 5.86. The average molecular weight is 247 g/mol. The Kier molecular flexibility index (Phi) is 3.87. The van der Waals surface area contributed by atoms with Gasteiger partial charge in [0.25, 0.3) is 0 Å². The van der Waals surface area contributed by atoms with Crippen LogP contribution in [-0.4, -0.2) is 31.6 Å². The van der Waals surface area contributed by atoms with Gasteiger partial charge in [0.2, 0.25) is 5.91 Å². The summed E-state index contributed by atoms with van der Waals surface area (Å²) in [6, 6.07) is 6.21. The van der Waals surface area contributed by atoms with Crippen LogP contribution in [0.15, 0.2) is 18.2 Å². The first-order valence-corrected chi connectivity index (χ1v) is 6.45. The molecule has 1 unspecified atom stereocenters. The third kappa shape index (κ3) is 2.48. The van der Waals surface area contributed by atoms with Gasteiger partial charge in [0, 0.05) is 18.8 Å². The smallest absolute Gasteiger partial charge is 0.242 e. The lowest BCUT2D eigenvalue weighted by Crippen LogP contribution is -2.56. The van der Waals surface area contributed by atoms with E-state index in [4.69, 9.17) is 5.73 Å². The Morgan fingerprint density at radius 3 is 2.83 bits per heavy atom. The fourth-order valence-electron chi connectivity index (χ4n) is 2.37. The molecule has 0 spiro atoms. The van der Waals surface area contributed by atoms with E-state index in [-0.39, 0.29) is 11.9 Å². The van der Waals surface area contributed by atoms with E-state index in [0.29, 0.717) is 19.5 Å². The van der Waals surface area contributed by atoms with E-state index in [0.717, 1.165) is 12.2 Å². The predicted octanol–water partition coefficient (Wildman–Crippen LogP) is 0.957. The summed E-state index contributed by atoms with van der Waals surface area (Å²) in [5.41, 5.74) is 9.25. The van der Waals surface area contributed by atoms with E-state index < -0.39 is 0 Å². The highest BCUT2D eigenvalue weighted by Gasteiger charge is 2.29. The maximum atomic E-state index is 11.9. The molecule has 1 atom stereocenters. The van der Waals surface area contributed by atoms with E-state index >= 15 is 0 Å². The fourth-order valence-corrected chi connectivity index (χ4v) is 2.37. The van der Waals surface area contributed by atoms with Crippen LogP contribution in [0.4, 0.5) is 5.69 Å². The number of piperazine rings is 1. The molecular weight excluding hydrogens is 226 g/mol. The predicted molar refractivity (Wildman–Crippen MR) is 73.7 cm³/mol. The summed E-state index contributed by atoms with van der Waals surface area (Å²) >= 11 is 0. The third-order valence-corrected chi connectivity index (χ3v) is 3.59. The van der Waals surface area contributed by atoms with Crippen molar-refractivity contribution in [1.82, 2.24) is 5.32 Å². The lowest BCUT2D eigenvalue weighted by Gasteiger charge is -2.37. The third-order valence-electron chi connectivity index (χ3n) is 3.59. The SMILES string of the molecule is Cc1ccc(N2CCNC(=O)C2CCN)cc1C. The molecule has 0 bridgehead atoms. The molecule has 1 aromatic rings. The number of aryl methyl sites for hydroxylation is 2. The van der Waals surface area contributed by atoms with E-state index in [2.05, 4.69) is 42.3 Å². The molecule has 1 aliphatic heterocycles. The van der Waals surface area contributed by atoms with Crippen LogP contribution in [0.2, 0.25) is 0 Å². The van der Waals surface area contributed by atoms with Crippen LogP contribution in [0.5, 0.6) is 0 Å². The lowest BCUT2D eigenvalue weighted by atomic mass is 10.0. The molecule has 1 saturated heterocycles. The Labute approximate surface area is 108 Å². The molecular formula is C14H21N3O. The van der Waals surface area contributed by atoms with Crippen LogP contribution < -0.4 is 16.0 Å². The first kappa shape index (κ1) is 12.9. The Balaban J connectivity index is 2.28. The first-order valence-electron chi connectivity index (χ1n) is 6.45. The number of nitrogens with two attached hydrogens (primary N) is 1. The van der Waals surface area contributed by atoms with Crippen molar-refractivity contribution in [2.75, 3.05) is 24.5 Å². The van der Waals surface area contributed by atoms with Gasteiger partial charge >= 0.3 is 0 Å². The normalized spacial score (nSPS) is 19.8. The van der Waals surface area contributed by atoms with Crippen LogP contribution in [0.25, 0.3) is 0 Å². The number of anilines is 1. The molecule has 0 aromatic heterocycles. The zero-order chi connectivity index (χ0) is 13.1. The maximum Gasteiger partial charge on any atom is 0.242 e. The lowest BCUT2D eigenvalue weighted by molar-refractivity contribution is -0.123. The quantitative estimate of drug-likeness (QED) is 0.836. The van der Waals surface area contributed by atoms with Gasteiger partial charge in [-0.15, -0.1) is 0 Å². The summed E-state index contributed by atoms with van der Waals surface area (Å²) in [7, 11) is 0. The number of rotatable bonds is 3. The number of amides is 1. The molecule has 3 N–H and O–H groups in total. The average Bonchev–Trinajstić information content (AvgIpc) is 2.35. The fraction of sp³-hybridized carbons (Fsp3) is 0.500. The zero-order valence-corrected chi connectivity index (χ0v) is 11.1. The monoisotopic (exact) mass is 247 g/mol. The van der Waals surface area contributed by atoms with Crippen molar-refractivity contribution >= 4 is 11.6 Å². The van der Waals surface area contributed by atoms with Crippen molar-refractivity contribution in [1.29, 1.82) is 0 Å². The van der Waals surface area contributed by atoms with Gasteiger partial charge in [-0.05, 0) is 50.1 Å². The van der Waals surface area contributed by atoms with Gasteiger partial charge in [0.15, 0.2) is 0 Å². The number of nitrogens with zero attached hydrogens (tertiary/aromatic N) is 1. The summed E-state index contributed by atoms with van der Waals surface area (Å²) in [6.07, 6.45) is 0.693. The van der Waals surface area contributed by atoms with E-state index in [1.807, 2.05) is 0 Å². The van der Waals surface area contributed by atoms with Crippen molar-refractivity contribution in [2.24, 2.45) is 5.73 Å². The van der Waals surface area contributed by atoms with Crippen molar-refractivity contribution in [3.8, 4) is 0 Å². The van der Waals surface area contributed by atoms with Gasteiger partial charge in [-0.2, -0.15) is 0 Å². The number of carbonyl (C=O) groups excluding carboxylic acids is 1. The Bertz CT molecular complexity index is 445. The van der Waals surface area contributed by atoms with Gasteiger partial charge in [-0.3, -0.25) is 4.79 Å². The molecule has 0 aliphatic carbocycles. The van der Waals surface area contributed by atoms with Crippen LogP contribution in [-0.2, 0) is 4.79 Å². The van der Waals surface area contributed by atoms with Gasteiger partial charge < -0.3 is 16.0 Å². The molecule has 0 saturated carbocycles. The number of hydrogen-bond acceptors (Lipinski definition) is 3. The zero-order valence-electron chi connectivity index (χ0n) is 11.1. The van der Waals surface area contributed by atoms with Crippen LogP contribution >= 0.6 is 0 Å². The second-order valence-electron chi connectivity index (χ2n) is 4.85. The highest BCUT2D eigenvalue weighted by Crippen LogP contribution is 2.23. The van der Waals surface area contributed by atoms with E-state index in [1.165, 1.54) is 11.1 Å². The maximum absolute atomic E-state index is 11.9. The minimum Gasteiger partial charge on any atom is -0.358 e. The Hall–Kier alpha value is -1.55. The number of hydrogen-bond donors (Lipinski definition) is 2. The van der Waals surface area contributed by atoms with Gasteiger partial charge in [-0.25, -0.2) is 0 Å². The minimum absolute atomic E-state index is 0.0879. The molecule has 18 heavy (non-hydrogen) atoms. The van der Waals surface area contributed by atoms with Crippen molar-refractivity contribution in [3.05, 3.63) is 29.3 Å². The van der Waals surface area contributed by atoms with Gasteiger partial charge in [0.05, 0.1) is 0 Å². The Morgan fingerprint density at radius 2 is 2.17 bits per heavy atom. The molecule has 1 aromatic carbocycles. The summed E-state index contributed by atoms with van der Waals surface area (Å²) in [5, 5.41) is 2.91. The second kappa shape index (κ2) is 5.40. The van der Waals surface area contributed by atoms with E-state index in [9.17, 15) is 4.79 Å². The van der Waals surface area contributed by atoms with Crippen LogP contribution in [0, 0.1) is 13.8 Å². The number of nitrogens with one attached hydrogen (secondary N) is 1. The minimum atomic E-state index is -0.133. The molecule has 1 aliphatic rings. The van der Waals surface area contributed by atoms with Gasteiger partial charge in [-0.1, -0.05) is 6.07 Å². The largest absolute Gasteiger partial charge is 0.358 e. The second-order valence-corrected chi connectivity index (χ2v) is 4.85. The van der Waals surface area contributed by atoms with Gasteiger partial charge in [0.1, 0.15) is 6.04 Å². The summed E-state index contributed by atoms with van der Waals surface area (Å²) in [4.78, 5) is 14.1. The Morgan fingerprint density at radius 1 is 1.39 bits per heavy atom. The molecule has 0 radical (unpaired) electrons. The first-order chi connectivity index (χ1) is 8.63. The molecule has 1 heterocycles. The summed E-state index contributed by atoms with van der Waals surface area (Å²) in [5.74, 6) is 0.0879. The topological polar surface area (TPSA) is 58.4 Å². The number of carbonyl (C=O) groups is 1. The standard InChI is InChI=1S/C14H21N3O/c1-10-3-4-12(9-11(10)2)17-8-7-16-14(18)13(17)5-6-15/h3-4,9,13H,5-8,15H2,1-2H3,(H,16,18). The van der Waals surface area contributed by atoms with Crippen molar-refractivity contribution in [2.45, 2.75) is 26.3 Å². The summed E-state index contributed by atoms with van der Waals surface area (Å²) < 4.78 is 0. The molecule has 4 heteroatoms. The molecule has 4 nitrogen and oxygen atoms in total. The number of benzene rings is 1.